The molecule has 0 fully saturated rings. The number of nitrogens with one attached hydrogen (secondary N) is 1. The molecule has 0 spiro atoms. The van der Waals surface area contributed by atoms with E-state index in [0.29, 0.717) is 5.69 Å². The highest BCUT2D eigenvalue weighted by molar-refractivity contribution is 5.70. The number of rotatable bonds is 5. The molecule has 1 rings (SSSR count). The molecule has 1 aromatic heterocycles. The zero-order chi connectivity index (χ0) is 11.8. The number of pyridine rings is 1. The lowest BCUT2D eigenvalue weighted by Gasteiger charge is -2.05. The first kappa shape index (κ1) is 12.0. The van der Waals surface area contributed by atoms with Gasteiger partial charge in [0.1, 0.15) is 6.61 Å². The number of nitrogens with zero attached hydrogens (tertiary/aromatic N) is 1. The Balaban J connectivity index is 2.18. The first-order valence-electron chi connectivity index (χ1n) is 4.71. The van der Waals surface area contributed by atoms with Crippen LogP contribution in [0.25, 0.3) is 0 Å². The monoisotopic (exact) mass is 224 g/mol. The molecule has 0 unspecified atom stereocenters. The van der Waals surface area contributed by atoms with Crippen LogP contribution in [0.4, 0.5) is 4.79 Å². The van der Waals surface area contributed by atoms with Gasteiger partial charge in [0.25, 0.3) is 0 Å². The summed E-state index contributed by atoms with van der Waals surface area (Å²) in [4.78, 5) is 25.2. The van der Waals surface area contributed by atoms with E-state index in [2.05, 4.69) is 10.3 Å². The average Bonchev–Trinajstić information content (AvgIpc) is 2.27. The van der Waals surface area contributed by atoms with E-state index in [1.807, 2.05) is 0 Å². The third kappa shape index (κ3) is 4.94. The van der Waals surface area contributed by atoms with Gasteiger partial charge < -0.3 is 15.2 Å². The zero-order valence-corrected chi connectivity index (χ0v) is 8.55. The van der Waals surface area contributed by atoms with Crippen molar-refractivity contribution in [3.63, 3.8) is 0 Å². The van der Waals surface area contributed by atoms with Crippen molar-refractivity contribution < 1.29 is 19.4 Å². The van der Waals surface area contributed by atoms with Crippen molar-refractivity contribution in [1.29, 1.82) is 0 Å². The summed E-state index contributed by atoms with van der Waals surface area (Å²) in [6.45, 7) is 0.121. The molecular weight excluding hydrogens is 212 g/mol. The highest BCUT2D eigenvalue weighted by Crippen LogP contribution is 1.95. The number of amides is 1. The number of carbonyl (C=O) groups is 2. The molecule has 0 aliphatic rings. The van der Waals surface area contributed by atoms with E-state index in [1.54, 1.807) is 24.4 Å². The zero-order valence-electron chi connectivity index (χ0n) is 8.55. The molecule has 0 aromatic carbocycles. The number of carboxylic acids is 1. The standard InChI is InChI=1S/C10H12N2O4/c13-9(14)4-6-12-10(15)16-7-8-3-1-2-5-11-8/h1-3,5H,4,6-7H2,(H,12,15)(H,13,14). The van der Waals surface area contributed by atoms with Crippen molar-refractivity contribution in [1.82, 2.24) is 10.3 Å². The molecule has 6 heteroatoms. The van der Waals surface area contributed by atoms with Crippen LogP contribution in [-0.2, 0) is 16.1 Å². The predicted molar refractivity (Wildman–Crippen MR) is 54.7 cm³/mol. The Morgan fingerprint density at radius 2 is 2.25 bits per heavy atom. The second-order valence-electron chi connectivity index (χ2n) is 2.97. The molecule has 6 nitrogen and oxygen atoms in total. The Kier molecular flexibility index (Phi) is 4.78. The average molecular weight is 224 g/mol. The highest BCUT2D eigenvalue weighted by atomic mass is 16.5. The normalized spacial score (nSPS) is 9.50. The van der Waals surface area contributed by atoms with Gasteiger partial charge >= 0.3 is 12.1 Å². The summed E-state index contributed by atoms with van der Waals surface area (Å²) in [5.74, 6) is -0.968. The van der Waals surface area contributed by atoms with Gasteiger partial charge in [-0.3, -0.25) is 9.78 Å². The molecule has 0 saturated carbocycles. The van der Waals surface area contributed by atoms with Crippen LogP contribution in [0.3, 0.4) is 0 Å². The number of hydrogen-bond acceptors (Lipinski definition) is 4. The Bertz CT molecular complexity index is 353. The summed E-state index contributed by atoms with van der Waals surface area (Å²) in [5, 5.41) is 10.6. The third-order valence-electron chi connectivity index (χ3n) is 1.69. The fourth-order valence-electron chi connectivity index (χ4n) is 0.946. The van der Waals surface area contributed by atoms with Crippen molar-refractivity contribution in [2.24, 2.45) is 0 Å². The van der Waals surface area contributed by atoms with Crippen LogP contribution >= 0.6 is 0 Å². The molecule has 86 valence electrons. The van der Waals surface area contributed by atoms with Crippen LogP contribution in [0.1, 0.15) is 12.1 Å². The largest absolute Gasteiger partial charge is 0.481 e. The fraction of sp³-hybridized carbons (Fsp3) is 0.300. The minimum atomic E-state index is -0.968. The lowest BCUT2D eigenvalue weighted by molar-refractivity contribution is -0.136. The van der Waals surface area contributed by atoms with Gasteiger partial charge in [-0.1, -0.05) is 6.07 Å². The second kappa shape index (κ2) is 6.39. The summed E-state index contributed by atoms with van der Waals surface area (Å²) in [7, 11) is 0. The molecule has 1 aromatic rings. The Morgan fingerprint density at radius 1 is 1.44 bits per heavy atom. The first-order valence-corrected chi connectivity index (χ1v) is 4.71. The van der Waals surface area contributed by atoms with E-state index in [4.69, 9.17) is 9.84 Å². The Hall–Kier alpha value is -2.11. The molecule has 16 heavy (non-hydrogen) atoms. The van der Waals surface area contributed by atoms with Crippen molar-refractivity contribution in [3.05, 3.63) is 30.1 Å². The lowest BCUT2D eigenvalue weighted by Crippen LogP contribution is -2.26. The van der Waals surface area contributed by atoms with Gasteiger partial charge in [-0.25, -0.2) is 4.79 Å². The summed E-state index contributed by atoms with van der Waals surface area (Å²) in [5.41, 5.74) is 0.635. The summed E-state index contributed by atoms with van der Waals surface area (Å²) < 4.78 is 4.80. The van der Waals surface area contributed by atoms with Gasteiger partial charge in [0.15, 0.2) is 0 Å². The quantitative estimate of drug-likeness (QED) is 0.771. The van der Waals surface area contributed by atoms with Gasteiger partial charge in [-0.05, 0) is 12.1 Å². The van der Waals surface area contributed by atoms with E-state index in [-0.39, 0.29) is 19.6 Å². The number of alkyl carbamates (subject to hydrolysis) is 1. The van der Waals surface area contributed by atoms with E-state index in [9.17, 15) is 9.59 Å². The number of hydrogen-bond donors (Lipinski definition) is 2. The maximum Gasteiger partial charge on any atom is 0.407 e. The SMILES string of the molecule is O=C(O)CCNC(=O)OCc1ccccn1. The van der Waals surface area contributed by atoms with Crippen molar-refractivity contribution in [2.75, 3.05) is 6.54 Å². The minimum Gasteiger partial charge on any atom is -0.481 e. The summed E-state index contributed by atoms with van der Waals surface area (Å²) in [6.07, 6.45) is 0.826. The number of carboxylic acid groups (broad SMARTS) is 1. The first-order chi connectivity index (χ1) is 7.68. The Labute approximate surface area is 92.3 Å². The lowest BCUT2D eigenvalue weighted by atomic mass is 10.4. The molecule has 1 heterocycles. The maximum atomic E-state index is 11.0. The van der Waals surface area contributed by atoms with Crippen LogP contribution < -0.4 is 5.32 Å². The summed E-state index contributed by atoms with van der Waals surface area (Å²) in [6, 6.07) is 5.27. The van der Waals surface area contributed by atoms with Crippen LogP contribution in [-0.4, -0.2) is 28.7 Å². The van der Waals surface area contributed by atoms with E-state index >= 15 is 0 Å². The van der Waals surface area contributed by atoms with E-state index in [1.165, 1.54) is 0 Å². The van der Waals surface area contributed by atoms with Crippen LogP contribution in [0.5, 0.6) is 0 Å². The van der Waals surface area contributed by atoms with Crippen molar-refractivity contribution >= 4 is 12.1 Å². The second-order valence-corrected chi connectivity index (χ2v) is 2.97. The summed E-state index contributed by atoms with van der Waals surface area (Å²) >= 11 is 0. The fourth-order valence-corrected chi connectivity index (χ4v) is 0.946. The topological polar surface area (TPSA) is 88.5 Å². The van der Waals surface area contributed by atoms with E-state index in [0.717, 1.165) is 0 Å². The number of aromatic nitrogens is 1. The predicted octanol–water partition coefficient (Wildman–Crippen LogP) is 0.783. The van der Waals surface area contributed by atoms with Crippen molar-refractivity contribution in [3.8, 4) is 0 Å². The number of ether oxygens (including phenoxy) is 1. The molecule has 0 aliphatic carbocycles. The molecule has 0 radical (unpaired) electrons. The van der Waals surface area contributed by atoms with Crippen LogP contribution in [0, 0.1) is 0 Å². The van der Waals surface area contributed by atoms with E-state index < -0.39 is 12.1 Å². The minimum absolute atomic E-state index is 0.0520. The molecule has 1 amide bonds. The molecule has 2 N–H and O–H groups in total. The van der Waals surface area contributed by atoms with Gasteiger partial charge in [0, 0.05) is 12.7 Å². The molecule has 0 saturated heterocycles. The highest BCUT2D eigenvalue weighted by Gasteiger charge is 2.03. The van der Waals surface area contributed by atoms with Crippen LogP contribution in [0.15, 0.2) is 24.4 Å². The number of aliphatic carboxylic acids is 1. The van der Waals surface area contributed by atoms with Crippen molar-refractivity contribution in [2.45, 2.75) is 13.0 Å². The third-order valence-corrected chi connectivity index (χ3v) is 1.69. The van der Waals surface area contributed by atoms with Gasteiger partial charge in [-0.2, -0.15) is 0 Å². The van der Waals surface area contributed by atoms with Crippen LogP contribution in [0.2, 0.25) is 0 Å². The maximum absolute atomic E-state index is 11.0. The molecule has 0 atom stereocenters. The number of carbonyl (C=O) groups excluding carboxylic acids is 1. The smallest absolute Gasteiger partial charge is 0.407 e. The van der Waals surface area contributed by atoms with Gasteiger partial charge in [0.05, 0.1) is 12.1 Å². The van der Waals surface area contributed by atoms with Gasteiger partial charge in [0.2, 0.25) is 0 Å². The molecular formula is C10H12N2O4. The Morgan fingerprint density at radius 3 is 2.88 bits per heavy atom. The molecule has 0 aliphatic heterocycles. The van der Waals surface area contributed by atoms with Gasteiger partial charge in [-0.15, -0.1) is 0 Å². The molecule has 0 bridgehead atoms.